The molecule has 0 bridgehead atoms. The molecular formula is C9H6N2S. The van der Waals surface area contributed by atoms with Crippen molar-refractivity contribution in [3.63, 3.8) is 0 Å². The Hall–Kier alpha value is -1.45. The van der Waals surface area contributed by atoms with Crippen LogP contribution in [-0.2, 0) is 0 Å². The summed E-state index contributed by atoms with van der Waals surface area (Å²) >= 11 is 1.43. The Morgan fingerprint density at radius 2 is 1.67 bits per heavy atom. The van der Waals surface area contributed by atoms with Crippen LogP contribution in [0.1, 0.15) is 11.1 Å². The lowest BCUT2D eigenvalue weighted by atomic mass is 10.1. The van der Waals surface area contributed by atoms with Crippen LogP contribution in [0.4, 0.5) is 0 Å². The molecule has 0 N–H and O–H groups in total. The maximum atomic E-state index is 8.70. The summed E-state index contributed by atoms with van der Waals surface area (Å²) in [5.41, 5.74) is 1.14. The SMILES string of the molecule is CSc1c(C#N)cccc1C#N. The lowest BCUT2D eigenvalue weighted by Gasteiger charge is -2.00. The number of thioether (sulfide) groups is 1. The third-order valence-corrected chi connectivity index (χ3v) is 2.31. The Balaban J connectivity index is 3.37. The van der Waals surface area contributed by atoms with E-state index in [1.54, 1.807) is 18.2 Å². The van der Waals surface area contributed by atoms with E-state index in [1.807, 2.05) is 18.4 Å². The van der Waals surface area contributed by atoms with Gasteiger partial charge in [-0.25, -0.2) is 0 Å². The van der Waals surface area contributed by atoms with E-state index in [1.165, 1.54) is 11.8 Å². The summed E-state index contributed by atoms with van der Waals surface area (Å²) in [7, 11) is 0. The molecule has 0 saturated carbocycles. The van der Waals surface area contributed by atoms with E-state index in [0.29, 0.717) is 11.1 Å². The second-order valence-electron chi connectivity index (χ2n) is 2.11. The quantitative estimate of drug-likeness (QED) is 0.613. The van der Waals surface area contributed by atoms with Crippen molar-refractivity contribution in [2.24, 2.45) is 0 Å². The van der Waals surface area contributed by atoms with Crippen LogP contribution >= 0.6 is 11.8 Å². The van der Waals surface area contributed by atoms with Gasteiger partial charge >= 0.3 is 0 Å². The number of hydrogen-bond donors (Lipinski definition) is 0. The topological polar surface area (TPSA) is 47.6 Å². The summed E-state index contributed by atoms with van der Waals surface area (Å²) in [6.45, 7) is 0. The van der Waals surface area contributed by atoms with Crippen molar-refractivity contribution in [2.75, 3.05) is 6.26 Å². The van der Waals surface area contributed by atoms with Gasteiger partial charge in [0, 0.05) is 4.90 Å². The molecule has 0 heterocycles. The fourth-order valence-corrected chi connectivity index (χ4v) is 1.60. The normalized spacial score (nSPS) is 8.58. The van der Waals surface area contributed by atoms with E-state index in [9.17, 15) is 0 Å². The summed E-state index contributed by atoms with van der Waals surface area (Å²) in [5, 5.41) is 17.4. The minimum absolute atomic E-state index is 0.571. The van der Waals surface area contributed by atoms with Gasteiger partial charge in [0.1, 0.15) is 12.1 Å². The molecule has 0 spiro atoms. The Morgan fingerprint density at radius 3 is 2.00 bits per heavy atom. The maximum Gasteiger partial charge on any atom is 0.100 e. The minimum Gasteiger partial charge on any atom is -0.192 e. The first-order chi connectivity index (χ1) is 5.83. The molecule has 0 aromatic heterocycles. The van der Waals surface area contributed by atoms with Gasteiger partial charge in [0.2, 0.25) is 0 Å². The van der Waals surface area contributed by atoms with Crippen LogP contribution in [0.5, 0.6) is 0 Å². The molecular weight excluding hydrogens is 168 g/mol. The van der Waals surface area contributed by atoms with Crippen molar-refractivity contribution in [1.29, 1.82) is 10.5 Å². The fraction of sp³-hybridized carbons (Fsp3) is 0.111. The molecule has 1 aromatic rings. The molecule has 0 unspecified atom stereocenters. The lowest BCUT2D eigenvalue weighted by molar-refractivity contribution is 1.32. The summed E-state index contributed by atoms with van der Waals surface area (Å²) in [4.78, 5) is 0.766. The third-order valence-electron chi connectivity index (χ3n) is 1.46. The van der Waals surface area contributed by atoms with Crippen LogP contribution in [0.2, 0.25) is 0 Å². The summed E-state index contributed by atoms with van der Waals surface area (Å²) < 4.78 is 0. The molecule has 1 aromatic carbocycles. The van der Waals surface area contributed by atoms with Gasteiger partial charge < -0.3 is 0 Å². The highest BCUT2D eigenvalue weighted by Gasteiger charge is 2.04. The standard InChI is InChI=1S/C9H6N2S/c1-12-9-7(5-10)3-2-4-8(9)6-11/h2-4H,1H3. The summed E-state index contributed by atoms with van der Waals surface area (Å²) in [6, 6.07) is 9.25. The molecule has 0 fully saturated rings. The highest BCUT2D eigenvalue weighted by molar-refractivity contribution is 7.98. The van der Waals surface area contributed by atoms with E-state index in [2.05, 4.69) is 0 Å². The van der Waals surface area contributed by atoms with Crippen molar-refractivity contribution in [3.8, 4) is 12.1 Å². The predicted molar refractivity (Wildman–Crippen MR) is 47.7 cm³/mol. The van der Waals surface area contributed by atoms with E-state index in [0.717, 1.165) is 4.90 Å². The molecule has 0 aliphatic heterocycles. The van der Waals surface area contributed by atoms with Gasteiger partial charge in [0.15, 0.2) is 0 Å². The number of nitrogens with zero attached hydrogens (tertiary/aromatic N) is 2. The van der Waals surface area contributed by atoms with E-state index < -0.39 is 0 Å². The van der Waals surface area contributed by atoms with Gasteiger partial charge in [0.25, 0.3) is 0 Å². The predicted octanol–water partition coefficient (Wildman–Crippen LogP) is 2.15. The van der Waals surface area contributed by atoms with Gasteiger partial charge in [-0.3, -0.25) is 0 Å². The molecule has 0 aliphatic carbocycles. The average molecular weight is 174 g/mol. The lowest BCUT2D eigenvalue weighted by Crippen LogP contribution is -1.85. The summed E-state index contributed by atoms with van der Waals surface area (Å²) in [6.07, 6.45) is 1.86. The maximum absolute atomic E-state index is 8.70. The zero-order chi connectivity index (χ0) is 8.97. The fourth-order valence-electron chi connectivity index (χ4n) is 0.933. The van der Waals surface area contributed by atoms with E-state index in [4.69, 9.17) is 10.5 Å². The molecule has 0 aliphatic rings. The van der Waals surface area contributed by atoms with Gasteiger partial charge in [-0.1, -0.05) is 6.07 Å². The Morgan fingerprint density at radius 1 is 1.17 bits per heavy atom. The molecule has 0 amide bonds. The van der Waals surface area contributed by atoms with E-state index in [-0.39, 0.29) is 0 Å². The number of benzene rings is 1. The largest absolute Gasteiger partial charge is 0.192 e. The monoisotopic (exact) mass is 174 g/mol. The van der Waals surface area contributed by atoms with Gasteiger partial charge in [-0.2, -0.15) is 10.5 Å². The summed E-state index contributed by atoms with van der Waals surface area (Å²) in [5.74, 6) is 0. The number of hydrogen-bond acceptors (Lipinski definition) is 3. The molecule has 0 saturated heterocycles. The van der Waals surface area contributed by atoms with Gasteiger partial charge in [-0.05, 0) is 18.4 Å². The average Bonchev–Trinajstić information content (AvgIpc) is 2.16. The second-order valence-corrected chi connectivity index (χ2v) is 2.93. The molecule has 0 radical (unpaired) electrons. The zero-order valence-corrected chi connectivity index (χ0v) is 7.35. The first-order valence-corrected chi connectivity index (χ1v) is 4.53. The first-order valence-electron chi connectivity index (χ1n) is 3.30. The highest BCUT2D eigenvalue weighted by atomic mass is 32.2. The van der Waals surface area contributed by atoms with E-state index >= 15 is 0 Å². The third kappa shape index (κ3) is 1.42. The van der Waals surface area contributed by atoms with Crippen LogP contribution < -0.4 is 0 Å². The second kappa shape index (κ2) is 3.80. The van der Waals surface area contributed by atoms with Crippen LogP contribution in [0.15, 0.2) is 23.1 Å². The Bertz CT molecular complexity index is 339. The van der Waals surface area contributed by atoms with Crippen molar-refractivity contribution in [3.05, 3.63) is 29.3 Å². The minimum atomic E-state index is 0.571. The molecule has 58 valence electrons. The Labute approximate surface area is 75.4 Å². The van der Waals surface area contributed by atoms with Crippen molar-refractivity contribution < 1.29 is 0 Å². The van der Waals surface area contributed by atoms with Gasteiger partial charge in [-0.15, -0.1) is 11.8 Å². The first kappa shape index (κ1) is 8.64. The molecule has 0 atom stereocenters. The van der Waals surface area contributed by atoms with Crippen molar-refractivity contribution in [1.82, 2.24) is 0 Å². The molecule has 12 heavy (non-hydrogen) atoms. The number of rotatable bonds is 1. The van der Waals surface area contributed by atoms with Crippen molar-refractivity contribution >= 4 is 11.8 Å². The zero-order valence-electron chi connectivity index (χ0n) is 6.53. The van der Waals surface area contributed by atoms with Gasteiger partial charge in [0.05, 0.1) is 11.1 Å². The van der Waals surface area contributed by atoms with Crippen LogP contribution in [-0.4, -0.2) is 6.26 Å². The molecule has 1 rings (SSSR count). The van der Waals surface area contributed by atoms with Crippen LogP contribution in [0.3, 0.4) is 0 Å². The smallest absolute Gasteiger partial charge is 0.100 e. The molecule has 2 nitrogen and oxygen atoms in total. The van der Waals surface area contributed by atoms with Crippen molar-refractivity contribution in [2.45, 2.75) is 4.90 Å². The van der Waals surface area contributed by atoms with Crippen LogP contribution in [0.25, 0.3) is 0 Å². The number of nitriles is 2. The van der Waals surface area contributed by atoms with Crippen LogP contribution in [0, 0.1) is 22.7 Å². The Kier molecular flexibility index (Phi) is 2.74. The highest BCUT2D eigenvalue weighted by Crippen LogP contribution is 2.23. The molecule has 3 heteroatoms.